The molecule has 74 valence electrons. The normalized spacial score (nSPS) is 15.9. The van der Waals surface area contributed by atoms with Crippen LogP contribution in [0.2, 0.25) is 5.02 Å². The molecule has 0 saturated heterocycles. The summed E-state index contributed by atoms with van der Waals surface area (Å²) in [5.41, 5.74) is 1.14. The molecule has 1 aliphatic heterocycles. The van der Waals surface area contributed by atoms with E-state index in [-0.39, 0.29) is 0 Å². The second-order valence-corrected chi connectivity index (χ2v) is 3.78. The van der Waals surface area contributed by atoms with Gasteiger partial charge in [-0.1, -0.05) is 29.8 Å². The van der Waals surface area contributed by atoms with Gasteiger partial charge in [0.15, 0.2) is 0 Å². The molecule has 2 rings (SSSR count). The van der Waals surface area contributed by atoms with Crippen LogP contribution in [0.15, 0.2) is 29.3 Å². The molecule has 3 heteroatoms. The van der Waals surface area contributed by atoms with E-state index in [0.29, 0.717) is 0 Å². The maximum atomic E-state index is 6.06. The number of benzene rings is 1. The Morgan fingerprint density at radius 3 is 2.93 bits per heavy atom. The molecule has 1 N–H and O–H groups in total. The molecule has 0 amide bonds. The summed E-state index contributed by atoms with van der Waals surface area (Å²) in [6.45, 7) is 1.97. The van der Waals surface area contributed by atoms with Gasteiger partial charge in [-0.15, -0.1) is 0 Å². The number of hydrogen-bond donors (Lipinski definition) is 1. The Bertz CT molecular complexity index is 347. The lowest BCUT2D eigenvalue weighted by Gasteiger charge is -2.14. The second-order valence-electron chi connectivity index (χ2n) is 3.38. The van der Waals surface area contributed by atoms with Crippen molar-refractivity contribution in [3.63, 3.8) is 0 Å². The largest absolute Gasteiger partial charge is 0.373 e. The fourth-order valence-corrected chi connectivity index (χ4v) is 1.72. The predicted octanol–water partition coefficient (Wildman–Crippen LogP) is 2.27. The summed E-state index contributed by atoms with van der Waals surface area (Å²) in [7, 11) is 0. The van der Waals surface area contributed by atoms with Crippen molar-refractivity contribution in [2.45, 2.75) is 12.8 Å². The molecule has 1 aliphatic rings. The summed E-state index contributed by atoms with van der Waals surface area (Å²) in [5, 5.41) is 4.11. The zero-order valence-electron chi connectivity index (χ0n) is 7.96. The summed E-state index contributed by atoms with van der Waals surface area (Å²) in [5.74, 6) is 1.06. The molecule has 0 spiro atoms. The van der Waals surface area contributed by atoms with Gasteiger partial charge in [-0.3, -0.25) is 4.99 Å². The van der Waals surface area contributed by atoms with Crippen LogP contribution in [0, 0.1) is 0 Å². The van der Waals surface area contributed by atoms with Gasteiger partial charge in [0, 0.05) is 24.5 Å². The van der Waals surface area contributed by atoms with Gasteiger partial charge >= 0.3 is 0 Å². The van der Waals surface area contributed by atoms with Gasteiger partial charge in [-0.25, -0.2) is 0 Å². The average molecular weight is 209 g/mol. The van der Waals surface area contributed by atoms with Crippen molar-refractivity contribution in [2.24, 2.45) is 4.99 Å². The SMILES string of the molecule is Clc1ccccc1CC1=NCCCN1. The number of aliphatic imine (C=N–C) groups is 1. The summed E-state index contributed by atoms with van der Waals surface area (Å²) in [4.78, 5) is 4.41. The number of hydrogen-bond acceptors (Lipinski definition) is 2. The summed E-state index contributed by atoms with van der Waals surface area (Å²) in [6.07, 6.45) is 1.95. The summed E-state index contributed by atoms with van der Waals surface area (Å²) >= 11 is 6.06. The monoisotopic (exact) mass is 208 g/mol. The van der Waals surface area contributed by atoms with Gasteiger partial charge in [0.05, 0.1) is 0 Å². The first-order valence-electron chi connectivity index (χ1n) is 4.87. The highest BCUT2D eigenvalue weighted by molar-refractivity contribution is 6.31. The molecule has 0 bridgehead atoms. The maximum Gasteiger partial charge on any atom is 0.101 e. The molecule has 1 heterocycles. The number of amidine groups is 1. The number of rotatable bonds is 2. The first-order chi connectivity index (χ1) is 6.86. The molecule has 1 aromatic carbocycles. The lowest BCUT2D eigenvalue weighted by atomic mass is 10.1. The van der Waals surface area contributed by atoms with E-state index in [0.717, 1.165) is 42.4 Å². The zero-order valence-corrected chi connectivity index (χ0v) is 8.72. The van der Waals surface area contributed by atoms with Crippen LogP contribution in [0.4, 0.5) is 0 Å². The molecule has 0 atom stereocenters. The van der Waals surface area contributed by atoms with E-state index in [1.165, 1.54) is 0 Å². The van der Waals surface area contributed by atoms with E-state index in [1.807, 2.05) is 24.3 Å². The Balaban J connectivity index is 2.10. The Morgan fingerprint density at radius 2 is 2.21 bits per heavy atom. The van der Waals surface area contributed by atoms with E-state index in [4.69, 9.17) is 11.6 Å². The van der Waals surface area contributed by atoms with E-state index in [9.17, 15) is 0 Å². The second kappa shape index (κ2) is 4.47. The van der Waals surface area contributed by atoms with Crippen molar-refractivity contribution in [1.82, 2.24) is 5.32 Å². The molecular formula is C11H13ClN2. The van der Waals surface area contributed by atoms with Crippen molar-refractivity contribution < 1.29 is 0 Å². The highest BCUT2D eigenvalue weighted by Gasteiger charge is 2.06. The van der Waals surface area contributed by atoms with Crippen molar-refractivity contribution in [3.05, 3.63) is 34.9 Å². The van der Waals surface area contributed by atoms with Crippen LogP contribution in [0.5, 0.6) is 0 Å². The van der Waals surface area contributed by atoms with Crippen LogP contribution in [0.1, 0.15) is 12.0 Å². The van der Waals surface area contributed by atoms with Crippen molar-refractivity contribution in [3.8, 4) is 0 Å². The van der Waals surface area contributed by atoms with Gasteiger partial charge in [0.2, 0.25) is 0 Å². The molecule has 0 aromatic heterocycles. The van der Waals surface area contributed by atoms with Crippen LogP contribution in [0.25, 0.3) is 0 Å². The number of nitrogens with one attached hydrogen (secondary N) is 1. The first-order valence-corrected chi connectivity index (χ1v) is 5.24. The van der Waals surface area contributed by atoms with Gasteiger partial charge < -0.3 is 5.32 Å². The highest BCUT2D eigenvalue weighted by atomic mass is 35.5. The van der Waals surface area contributed by atoms with Crippen LogP contribution in [-0.4, -0.2) is 18.9 Å². The third kappa shape index (κ3) is 2.26. The lowest BCUT2D eigenvalue weighted by Crippen LogP contribution is -2.30. The zero-order chi connectivity index (χ0) is 9.80. The van der Waals surface area contributed by atoms with E-state index in [2.05, 4.69) is 10.3 Å². The van der Waals surface area contributed by atoms with Crippen molar-refractivity contribution in [2.75, 3.05) is 13.1 Å². The Hall–Kier alpha value is -1.02. The summed E-state index contributed by atoms with van der Waals surface area (Å²) < 4.78 is 0. The fourth-order valence-electron chi connectivity index (χ4n) is 1.52. The molecule has 0 fully saturated rings. The van der Waals surface area contributed by atoms with Crippen molar-refractivity contribution >= 4 is 17.4 Å². The maximum absolute atomic E-state index is 6.06. The Morgan fingerprint density at radius 1 is 1.36 bits per heavy atom. The van der Waals surface area contributed by atoms with Gasteiger partial charge in [-0.2, -0.15) is 0 Å². The Labute approximate surface area is 89.0 Å². The molecule has 0 saturated carbocycles. The molecule has 0 radical (unpaired) electrons. The van der Waals surface area contributed by atoms with Gasteiger partial charge in [0.1, 0.15) is 5.84 Å². The quantitative estimate of drug-likeness (QED) is 0.793. The molecule has 0 unspecified atom stereocenters. The first kappa shape index (κ1) is 9.53. The topological polar surface area (TPSA) is 24.4 Å². The average Bonchev–Trinajstić information content (AvgIpc) is 2.23. The van der Waals surface area contributed by atoms with Gasteiger partial charge in [-0.05, 0) is 18.1 Å². The predicted molar refractivity (Wildman–Crippen MR) is 60.1 cm³/mol. The molecule has 1 aromatic rings. The van der Waals surface area contributed by atoms with E-state index >= 15 is 0 Å². The highest BCUT2D eigenvalue weighted by Crippen LogP contribution is 2.15. The van der Waals surface area contributed by atoms with Crippen LogP contribution in [0.3, 0.4) is 0 Å². The minimum absolute atomic E-state index is 0.819. The van der Waals surface area contributed by atoms with Crippen molar-refractivity contribution in [1.29, 1.82) is 0 Å². The van der Waals surface area contributed by atoms with Crippen LogP contribution in [-0.2, 0) is 6.42 Å². The van der Waals surface area contributed by atoms with Crippen LogP contribution >= 0.6 is 11.6 Å². The fraction of sp³-hybridized carbons (Fsp3) is 0.364. The Kier molecular flexibility index (Phi) is 3.04. The standard InChI is InChI=1S/C11H13ClN2/c12-10-5-2-1-4-9(10)8-11-13-6-3-7-14-11/h1-2,4-5H,3,6-8H2,(H,13,14). The number of halogens is 1. The van der Waals surface area contributed by atoms with E-state index in [1.54, 1.807) is 0 Å². The third-order valence-electron chi connectivity index (χ3n) is 2.28. The summed E-state index contributed by atoms with van der Waals surface area (Å²) in [6, 6.07) is 7.91. The molecule has 0 aliphatic carbocycles. The van der Waals surface area contributed by atoms with E-state index < -0.39 is 0 Å². The molecular weight excluding hydrogens is 196 g/mol. The minimum atomic E-state index is 0.819. The molecule has 2 nitrogen and oxygen atoms in total. The third-order valence-corrected chi connectivity index (χ3v) is 2.65. The minimum Gasteiger partial charge on any atom is -0.373 e. The lowest BCUT2D eigenvalue weighted by molar-refractivity contribution is 0.731. The molecule has 14 heavy (non-hydrogen) atoms. The van der Waals surface area contributed by atoms with Gasteiger partial charge in [0.25, 0.3) is 0 Å². The smallest absolute Gasteiger partial charge is 0.101 e. The van der Waals surface area contributed by atoms with Crippen LogP contribution < -0.4 is 5.32 Å². The number of nitrogens with zero attached hydrogens (tertiary/aromatic N) is 1.